The third-order valence-corrected chi connectivity index (χ3v) is 3.80. The molecule has 20 heavy (non-hydrogen) atoms. The Balaban J connectivity index is 2.36. The normalized spacial score (nSPS) is 19.9. The lowest BCUT2D eigenvalue weighted by atomic mass is 9.98. The molecular formula is C11H21N3O5S. The van der Waals surface area contributed by atoms with Crippen LogP contribution in [-0.4, -0.2) is 49.9 Å². The van der Waals surface area contributed by atoms with Crippen molar-refractivity contribution in [1.29, 1.82) is 0 Å². The molecule has 0 bridgehead atoms. The first-order chi connectivity index (χ1) is 9.28. The number of nitrogens with zero attached hydrogens (tertiary/aromatic N) is 1. The molecule has 0 aromatic carbocycles. The Labute approximate surface area is 118 Å². The summed E-state index contributed by atoms with van der Waals surface area (Å²) in [6.45, 7) is 1.34. The summed E-state index contributed by atoms with van der Waals surface area (Å²) in [6, 6.07) is 0. The van der Waals surface area contributed by atoms with Gasteiger partial charge in [0.1, 0.15) is 0 Å². The Bertz CT molecular complexity index is 451. The van der Waals surface area contributed by atoms with E-state index >= 15 is 0 Å². The molecule has 1 aliphatic heterocycles. The van der Waals surface area contributed by atoms with Crippen LogP contribution < -0.4 is 9.86 Å². The summed E-state index contributed by atoms with van der Waals surface area (Å²) in [5, 5.41) is 13.4. The number of carboxylic acids is 1. The van der Waals surface area contributed by atoms with Crippen molar-refractivity contribution in [3.05, 3.63) is 0 Å². The van der Waals surface area contributed by atoms with Gasteiger partial charge in [-0.15, -0.1) is 0 Å². The maximum atomic E-state index is 11.9. The summed E-state index contributed by atoms with van der Waals surface area (Å²) < 4.78 is 23.9. The molecule has 116 valence electrons. The van der Waals surface area contributed by atoms with Crippen LogP contribution >= 0.6 is 0 Å². The summed E-state index contributed by atoms with van der Waals surface area (Å²) in [4.78, 5) is 23.9. The fraction of sp³-hybridized carbons (Fsp3) is 0.818. The Morgan fingerprint density at radius 1 is 1.35 bits per heavy atom. The van der Waals surface area contributed by atoms with Crippen LogP contribution in [0.25, 0.3) is 0 Å². The number of nitrogens with one attached hydrogen (secondary N) is 1. The van der Waals surface area contributed by atoms with Crippen molar-refractivity contribution in [3.63, 3.8) is 0 Å². The van der Waals surface area contributed by atoms with Gasteiger partial charge in [0.15, 0.2) is 0 Å². The minimum absolute atomic E-state index is 0.0179. The first-order valence-electron chi connectivity index (χ1n) is 6.55. The summed E-state index contributed by atoms with van der Waals surface area (Å²) in [5.41, 5.74) is 0. The van der Waals surface area contributed by atoms with Gasteiger partial charge in [-0.1, -0.05) is 0 Å². The van der Waals surface area contributed by atoms with Crippen molar-refractivity contribution < 1.29 is 23.1 Å². The van der Waals surface area contributed by atoms with Gasteiger partial charge in [0.2, 0.25) is 5.91 Å². The van der Waals surface area contributed by atoms with Crippen molar-refractivity contribution in [1.82, 2.24) is 9.62 Å². The standard InChI is InChI=1S/C11H21N3O5S/c12-20(18,19)13-7-9-3-2-6-14(8-9)10(15)4-1-5-11(16)17/h9,13H,1-8H2,(H,16,17)(H2,12,18,19). The van der Waals surface area contributed by atoms with E-state index in [1.807, 2.05) is 0 Å². The van der Waals surface area contributed by atoms with Crippen LogP contribution in [0.5, 0.6) is 0 Å². The van der Waals surface area contributed by atoms with Gasteiger partial charge in [0.25, 0.3) is 10.2 Å². The zero-order valence-electron chi connectivity index (χ0n) is 11.2. The van der Waals surface area contributed by atoms with Crippen molar-refractivity contribution >= 4 is 22.1 Å². The molecule has 1 rings (SSSR count). The minimum atomic E-state index is -3.70. The number of rotatable bonds is 7. The molecule has 1 saturated heterocycles. The Morgan fingerprint density at radius 3 is 2.65 bits per heavy atom. The lowest BCUT2D eigenvalue weighted by Gasteiger charge is -2.32. The first-order valence-corrected chi connectivity index (χ1v) is 8.09. The molecular weight excluding hydrogens is 286 g/mol. The number of aliphatic carboxylic acids is 1. The maximum Gasteiger partial charge on any atom is 0.303 e. The smallest absolute Gasteiger partial charge is 0.303 e. The molecule has 0 radical (unpaired) electrons. The van der Waals surface area contributed by atoms with Gasteiger partial charge in [-0.3, -0.25) is 9.59 Å². The fourth-order valence-electron chi connectivity index (χ4n) is 2.24. The van der Waals surface area contributed by atoms with E-state index in [0.29, 0.717) is 19.5 Å². The second-order valence-corrected chi connectivity index (χ2v) is 6.37. The Kier molecular flexibility index (Phi) is 6.37. The van der Waals surface area contributed by atoms with Gasteiger partial charge in [-0.2, -0.15) is 8.42 Å². The van der Waals surface area contributed by atoms with E-state index in [0.717, 1.165) is 12.8 Å². The number of piperidine rings is 1. The van der Waals surface area contributed by atoms with E-state index in [4.69, 9.17) is 10.2 Å². The molecule has 8 nitrogen and oxygen atoms in total. The lowest BCUT2D eigenvalue weighted by Crippen LogP contribution is -2.44. The highest BCUT2D eigenvalue weighted by Gasteiger charge is 2.24. The zero-order valence-corrected chi connectivity index (χ0v) is 12.1. The van der Waals surface area contributed by atoms with Crippen LogP contribution in [0.2, 0.25) is 0 Å². The fourth-order valence-corrected chi connectivity index (χ4v) is 2.71. The van der Waals surface area contributed by atoms with E-state index in [2.05, 4.69) is 4.72 Å². The molecule has 0 aliphatic carbocycles. The number of amides is 1. The Morgan fingerprint density at radius 2 is 2.05 bits per heavy atom. The summed E-state index contributed by atoms with van der Waals surface area (Å²) in [5.74, 6) is -0.941. The number of carbonyl (C=O) groups excluding carboxylic acids is 1. The lowest BCUT2D eigenvalue weighted by molar-refractivity contribution is -0.137. The molecule has 1 unspecified atom stereocenters. The monoisotopic (exact) mass is 307 g/mol. The van der Waals surface area contributed by atoms with Gasteiger partial charge in [0.05, 0.1) is 0 Å². The number of carbonyl (C=O) groups is 2. The second kappa shape index (κ2) is 7.55. The SMILES string of the molecule is NS(=O)(=O)NCC1CCCN(C(=O)CCCC(=O)O)C1. The van der Waals surface area contributed by atoms with Crippen molar-refractivity contribution in [2.75, 3.05) is 19.6 Å². The molecule has 0 aromatic rings. The van der Waals surface area contributed by atoms with Crippen LogP contribution in [0.4, 0.5) is 0 Å². The molecule has 0 aromatic heterocycles. The third kappa shape index (κ3) is 6.83. The topological polar surface area (TPSA) is 130 Å². The highest BCUT2D eigenvalue weighted by molar-refractivity contribution is 7.87. The highest BCUT2D eigenvalue weighted by atomic mass is 32.2. The van der Waals surface area contributed by atoms with Crippen LogP contribution in [0.3, 0.4) is 0 Å². The van der Waals surface area contributed by atoms with Crippen LogP contribution in [0, 0.1) is 5.92 Å². The number of nitrogens with two attached hydrogens (primary N) is 1. The number of hydrogen-bond acceptors (Lipinski definition) is 4. The van der Waals surface area contributed by atoms with Gasteiger partial charge >= 0.3 is 5.97 Å². The molecule has 9 heteroatoms. The Hall–Kier alpha value is -1.19. The molecule has 4 N–H and O–H groups in total. The van der Waals surface area contributed by atoms with Gasteiger partial charge in [0, 0.05) is 32.5 Å². The molecule has 1 fully saturated rings. The molecule has 1 amide bonds. The molecule has 0 spiro atoms. The average molecular weight is 307 g/mol. The van der Waals surface area contributed by atoms with Gasteiger partial charge in [-0.25, -0.2) is 9.86 Å². The average Bonchev–Trinajstić information content (AvgIpc) is 2.35. The maximum absolute atomic E-state index is 11.9. The third-order valence-electron chi connectivity index (χ3n) is 3.23. The summed E-state index contributed by atoms with van der Waals surface area (Å²) in [6.07, 6.45) is 2.16. The summed E-state index contributed by atoms with van der Waals surface area (Å²) in [7, 11) is -3.70. The second-order valence-electron chi connectivity index (χ2n) is 4.99. The van der Waals surface area contributed by atoms with E-state index in [1.54, 1.807) is 4.90 Å². The van der Waals surface area contributed by atoms with Crippen molar-refractivity contribution in [2.45, 2.75) is 32.1 Å². The highest BCUT2D eigenvalue weighted by Crippen LogP contribution is 2.17. The quantitative estimate of drug-likeness (QED) is 0.571. The predicted molar refractivity (Wildman–Crippen MR) is 71.9 cm³/mol. The molecule has 1 atom stereocenters. The van der Waals surface area contributed by atoms with E-state index < -0.39 is 16.2 Å². The van der Waals surface area contributed by atoms with E-state index in [-0.39, 0.29) is 31.2 Å². The minimum Gasteiger partial charge on any atom is -0.481 e. The zero-order chi connectivity index (χ0) is 15.2. The summed E-state index contributed by atoms with van der Waals surface area (Å²) >= 11 is 0. The van der Waals surface area contributed by atoms with E-state index in [9.17, 15) is 18.0 Å². The number of carboxylic acid groups (broad SMARTS) is 1. The first kappa shape index (κ1) is 16.9. The van der Waals surface area contributed by atoms with Crippen LogP contribution in [-0.2, 0) is 19.8 Å². The molecule has 1 aliphatic rings. The van der Waals surface area contributed by atoms with Crippen LogP contribution in [0.1, 0.15) is 32.1 Å². The van der Waals surface area contributed by atoms with Gasteiger partial charge in [-0.05, 0) is 25.2 Å². The largest absolute Gasteiger partial charge is 0.481 e. The van der Waals surface area contributed by atoms with E-state index in [1.165, 1.54) is 0 Å². The number of hydrogen-bond donors (Lipinski definition) is 3. The van der Waals surface area contributed by atoms with Crippen LogP contribution in [0.15, 0.2) is 0 Å². The van der Waals surface area contributed by atoms with Crippen molar-refractivity contribution in [2.24, 2.45) is 11.1 Å². The van der Waals surface area contributed by atoms with Crippen molar-refractivity contribution in [3.8, 4) is 0 Å². The predicted octanol–water partition coefficient (Wildman–Crippen LogP) is -0.727. The molecule has 0 saturated carbocycles. The molecule has 1 heterocycles. The van der Waals surface area contributed by atoms with Gasteiger partial charge < -0.3 is 10.0 Å². The number of likely N-dealkylation sites (tertiary alicyclic amines) is 1.